The van der Waals surface area contributed by atoms with Crippen LogP contribution < -0.4 is 15.6 Å². The van der Waals surface area contributed by atoms with E-state index in [0.29, 0.717) is 17.6 Å². The van der Waals surface area contributed by atoms with Crippen molar-refractivity contribution >= 4 is 41.4 Å². The summed E-state index contributed by atoms with van der Waals surface area (Å²) < 4.78 is 6.65. The van der Waals surface area contributed by atoms with Gasteiger partial charge in [0, 0.05) is 5.69 Å². The number of nitrogens with one attached hydrogen (secondary N) is 1. The summed E-state index contributed by atoms with van der Waals surface area (Å²) in [5.41, 5.74) is 1.57. The first kappa shape index (κ1) is 18.8. The van der Waals surface area contributed by atoms with Crippen molar-refractivity contribution in [2.75, 3.05) is 12.4 Å². The molecular weight excluding hydrogens is 337 g/mol. The van der Waals surface area contributed by atoms with Gasteiger partial charge in [0.05, 0.1) is 31.0 Å². The summed E-state index contributed by atoms with van der Waals surface area (Å²) in [4.78, 5) is 16.6. The first-order valence-corrected chi connectivity index (χ1v) is 6.60. The van der Waals surface area contributed by atoms with Crippen LogP contribution in [-0.4, -0.2) is 16.7 Å². The Morgan fingerprint density at radius 1 is 1.09 bits per heavy atom. The molecule has 23 heavy (non-hydrogen) atoms. The van der Waals surface area contributed by atoms with Crippen LogP contribution in [-0.2, 0) is 6.67 Å². The number of hydrogen-bond acceptors (Lipinski definition) is 4. The molecule has 5 nitrogen and oxygen atoms in total. The Hall–Kier alpha value is -2.24. The maximum atomic E-state index is 12.3. The van der Waals surface area contributed by atoms with Gasteiger partial charge in [0.2, 0.25) is 0 Å². The summed E-state index contributed by atoms with van der Waals surface area (Å²) >= 11 is 0. The molecule has 0 fully saturated rings. The maximum absolute atomic E-state index is 12.3. The van der Waals surface area contributed by atoms with Gasteiger partial charge in [-0.2, -0.15) is 0 Å². The van der Waals surface area contributed by atoms with Crippen LogP contribution in [0.25, 0.3) is 10.9 Å². The van der Waals surface area contributed by atoms with Crippen molar-refractivity contribution in [2.24, 2.45) is 0 Å². The lowest BCUT2D eigenvalue weighted by molar-refractivity contribution is 0.415. The third kappa shape index (κ3) is 4.15. The lowest BCUT2D eigenvalue weighted by Gasteiger charge is -2.10. The molecule has 1 N–H and O–H groups in total. The second-order valence-corrected chi connectivity index (χ2v) is 4.60. The number of aromatic nitrogens is 2. The van der Waals surface area contributed by atoms with Crippen LogP contribution in [0, 0.1) is 0 Å². The highest BCUT2D eigenvalue weighted by atomic mass is 35.5. The molecule has 3 rings (SSSR count). The number of fused-ring (bicyclic) bond motifs is 1. The van der Waals surface area contributed by atoms with E-state index in [1.807, 2.05) is 42.5 Å². The highest BCUT2D eigenvalue weighted by Gasteiger charge is 2.02. The zero-order chi connectivity index (χ0) is 14.7. The van der Waals surface area contributed by atoms with Gasteiger partial charge in [0.15, 0.2) is 0 Å². The molecule has 0 aliphatic rings. The molecule has 3 aromatic rings. The van der Waals surface area contributed by atoms with Crippen molar-refractivity contribution in [3.8, 4) is 5.75 Å². The van der Waals surface area contributed by atoms with E-state index < -0.39 is 0 Å². The molecular formula is C16H17Cl2N3O2. The Labute approximate surface area is 146 Å². The molecule has 1 aromatic heterocycles. The Bertz CT molecular complexity index is 819. The number of rotatable bonds is 4. The van der Waals surface area contributed by atoms with Crippen molar-refractivity contribution in [3.63, 3.8) is 0 Å². The third-order valence-corrected chi connectivity index (χ3v) is 3.28. The molecule has 0 saturated carbocycles. The molecule has 0 aliphatic carbocycles. The van der Waals surface area contributed by atoms with E-state index >= 15 is 0 Å². The van der Waals surface area contributed by atoms with E-state index in [9.17, 15) is 4.79 Å². The number of benzene rings is 2. The SMILES string of the molecule is COc1ccc(NCn2cnc3ccccc3c2=O)cc1.Cl.Cl. The van der Waals surface area contributed by atoms with E-state index in [-0.39, 0.29) is 30.4 Å². The Balaban J connectivity index is 0.00000132. The zero-order valence-electron chi connectivity index (χ0n) is 12.4. The van der Waals surface area contributed by atoms with Crippen LogP contribution in [0.1, 0.15) is 0 Å². The Kier molecular flexibility index (Phi) is 6.88. The molecule has 0 spiro atoms. The molecule has 2 aromatic carbocycles. The molecule has 122 valence electrons. The number of anilines is 1. The molecule has 1 heterocycles. The predicted molar refractivity (Wildman–Crippen MR) is 97.1 cm³/mol. The van der Waals surface area contributed by atoms with Gasteiger partial charge < -0.3 is 10.1 Å². The van der Waals surface area contributed by atoms with Gasteiger partial charge in [-0.25, -0.2) is 4.98 Å². The molecule has 0 bridgehead atoms. The molecule has 0 saturated heterocycles. The van der Waals surface area contributed by atoms with Crippen molar-refractivity contribution in [2.45, 2.75) is 6.67 Å². The van der Waals surface area contributed by atoms with Crippen LogP contribution in [0.15, 0.2) is 59.7 Å². The van der Waals surface area contributed by atoms with Gasteiger partial charge in [-0.3, -0.25) is 9.36 Å². The van der Waals surface area contributed by atoms with Gasteiger partial charge in [-0.1, -0.05) is 12.1 Å². The van der Waals surface area contributed by atoms with Gasteiger partial charge in [-0.15, -0.1) is 24.8 Å². The van der Waals surface area contributed by atoms with Gasteiger partial charge >= 0.3 is 0 Å². The highest BCUT2D eigenvalue weighted by Crippen LogP contribution is 2.15. The third-order valence-electron chi connectivity index (χ3n) is 3.28. The zero-order valence-corrected chi connectivity index (χ0v) is 14.1. The number of para-hydroxylation sites is 1. The summed E-state index contributed by atoms with van der Waals surface area (Å²) in [6.45, 7) is 0.364. The lowest BCUT2D eigenvalue weighted by atomic mass is 10.2. The number of methoxy groups -OCH3 is 1. The fourth-order valence-corrected chi connectivity index (χ4v) is 2.10. The Morgan fingerprint density at radius 3 is 2.48 bits per heavy atom. The minimum absolute atomic E-state index is 0. The molecule has 0 atom stereocenters. The van der Waals surface area contributed by atoms with E-state index in [2.05, 4.69) is 10.3 Å². The number of halogens is 2. The predicted octanol–water partition coefficient (Wildman–Crippen LogP) is 3.32. The Morgan fingerprint density at radius 2 is 1.78 bits per heavy atom. The van der Waals surface area contributed by atoms with E-state index in [1.165, 1.54) is 0 Å². The van der Waals surface area contributed by atoms with Crippen LogP contribution >= 0.6 is 24.8 Å². The van der Waals surface area contributed by atoms with Crippen molar-refractivity contribution < 1.29 is 4.74 Å². The maximum Gasteiger partial charge on any atom is 0.262 e. The highest BCUT2D eigenvalue weighted by molar-refractivity contribution is 5.85. The standard InChI is InChI=1S/C16H15N3O2.2ClH/c1-21-13-8-6-12(7-9-13)17-10-19-11-18-15-5-3-2-4-14(15)16(19)20;;/h2-9,11,17H,10H2,1H3;2*1H. The second kappa shape index (κ2) is 8.41. The average molecular weight is 354 g/mol. The van der Waals surface area contributed by atoms with Gasteiger partial charge in [-0.05, 0) is 36.4 Å². The first-order chi connectivity index (χ1) is 10.3. The van der Waals surface area contributed by atoms with Crippen molar-refractivity contribution in [3.05, 3.63) is 65.2 Å². The molecule has 0 aliphatic heterocycles. The van der Waals surface area contributed by atoms with Gasteiger partial charge in [0.1, 0.15) is 5.75 Å². The monoisotopic (exact) mass is 353 g/mol. The molecule has 0 unspecified atom stereocenters. The molecule has 0 radical (unpaired) electrons. The van der Waals surface area contributed by atoms with E-state index in [0.717, 1.165) is 11.4 Å². The average Bonchev–Trinajstić information content (AvgIpc) is 2.55. The topological polar surface area (TPSA) is 56.1 Å². The minimum Gasteiger partial charge on any atom is -0.497 e. The van der Waals surface area contributed by atoms with E-state index in [4.69, 9.17) is 4.74 Å². The van der Waals surface area contributed by atoms with Crippen LogP contribution in [0.3, 0.4) is 0 Å². The summed E-state index contributed by atoms with van der Waals surface area (Å²) in [6, 6.07) is 14.9. The number of hydrogen-bond donors (Lipinski definition) is 1. The van der Waals surface area contributed by atoms with Crippen LogP contribution in [0.2, 0.25) is 0 Å². The largest absolute Gasteiger partial charge is 0.497 e. The van der Waals surface area contributed by atoms with E-state index in [1.54, 1.807) is 24.1 Å². The summed E-state index contributed by atoms with van der Waals surface area (Å²) in [7, 11) is 1.63. The summed E-state index contributed by atoms with van der Waals surface area (Å²) in [5.74, 6) is 0.796. The quantitative estimate of drug-likeness (QED) is 0.781. The second-order valence-electron chi connectivity index (χ2n) is 4.60. The number of ether oxygens (including phenoxy) is 1. The minimum atomic E-state index is -0.0541. The smallest absolute Gasteiger partial charge is 0.262 e. The molecule has 7 heteroatoms. The van der Waals surface area contributed by atoms with Crippen molar-refractivity contribution in [1.29, 1.82) is 0 Å². The normalized spacial score (nSPS) is 9.61. The van der Waals surface area contributed by atoms with Crippen molar-refractivity contribution in [1.82, 2.24) is 9.55 Å². The fourth-order valence-electron chi connectivity index (χ4n) is 2.10. The van der Waals surface area contributed by atoms with Crippen LogP contribution in [0.4, 0.5) is 5.69 Å². The van der Waals surface area contributed by atoms with Crippen LogP contribution in [0.5, 0.6) is 5.75 Å². The molecule has 0 amide bonds. The lowest BCUT2D eigenvalue weighted by Crippen LogP contribution is -2.24. The fraction of sp³-hybridized carbons (Fsp3) is 0.125. The summed E-state index contributed by atoms with van der Waals surface area (Å²) in [6.07, 6.45) is 1.56. The summed E-state index contributed by atoms with van der Waals surface area (Å²) in [5, 5.41) is 3.81. The number of nitrogens with zero attached hydrogens (tertiary/aromatic N) is 2. The first-order valence-electron chi connectivity index (χ1n) is 6.60. The van der Waals surface area contributed by atoms with Gasteiger partial charge in [0.25, 0.3) is 5.56 Å².